The lowest BCUT2D eigenvalue weighted by Gasteiger charge is -2.34. The maximum atomic E-state index is 12.9. The van der Waals surface area contributed by atoms with E-state index in [4.69, 9.17) is 8.92 Å². The van der Waals surface area contributed by atoms with Crippen LogP contribution in [0.2, 0.25) is 0 Å². The number of piperazine rings is 1. The molecule has 36 heavy (non-hydrogen) atoms. The monoisotopic (exact) mass is 552 g/mol. The fraction of sp³-hybridized carbons (Fsp3) is 0.524. The van der Waals surface area contributed by atoms with E-state index in [1.165, 1.54) is 22.6 Å². The number of alkyl halides is 3. The summed E-state index contributed by atoms with van der Waals surface area (Å²) in [5, 5.41) is 0. The highest BCUT2D eigenvalue weighted by Crippen LogP contribution is 2.28. The van der Waals surface area contributed by atoms with Crippen LogP contribution in [0.5, 0.6) is 0 Å². The number of ether oxygens (including phenoxy) is 1. The minimum absolute atomic E-state index is 0.0260. The molecule has 10 nitrogen and oxygen atoms in total. The first-order valence-electron chi connectivity index (χ1n) is 11.0. The fourth-order valence-corrected chi connectivity index (χ4v) is 5.74. The molecule has 0 bridgehead atoms. The smallest absolute Gasteiger partial charge is 0.379 e. The molecule has 1 aliphatic heterocycles. The van der Waals surface area contributed by atoms with Crippen LogP contribution in [0.15, 0.2) is 41.6 Å². The standard InChI is InChI=1S/C21H27F3N4O6S2/c1-17-3-5-18(6-4-17)36(31,32)34-13-12-33-11-2-14-35(29,30)28-9-7-27(8-10-28)20-16-25-15-19(26-20)21(22,23)24/h3-6,15-16H,2,7-14H2,1H3. The molecule has 0 radical (unpaired) electrons. The fourth-order valence-electron chi connectivity index (χ4n) is 3.39. The molecule has 2 heterocycles. The van der Waals surface area contributed by atoms with E-state index < -0.39 is 32.0 Å². The number of aryl methyl sites for hydroxylation is 1. The second-order valence-electron chi connectivity index (χ2n) is 8.02. The van der Waals surface area contributed by atoms with Crippen LogP contribution in [0.1, 0.15) is 17.7 Å². The van der Waals surface area contributed by atoms with Gasteiger partial charge in [-0.15, -0.1) is 0 Å². The highest BCUT2D eigenvalue weighted by molar-refractivity contribution is 7.89. The number of sulfonamides is 1. The van der Waals surface area contributed by atoms with Crippen molar-refractivity contribution >= 4 is 26.0 Å². The van der Waals surface area contributed by atoms with Gasteiger partial charge in [-0.3, -0.25) is 9.17 Å². The molecule has 2 aromatic rings. The van der Waals surface area contributed by atoms with Crippen LogP contribution in [0.3, 0.4) is 0 Å². The van der Waals surface area contributed by atoms with Crippen molar-refractivity contribution in [2.45, 2.75) is 24.4 Å². The Balaban J connectivity index is 1.36. The summed E-state index contributed by atoms with van der Waals surface area (Å²) in [5.74, 6) is -0.138. The van der Waals surface area contributed by atoms with Crippen molar-refractivity contribution in [2.75, 3.05) is 56.7 Å². The molecular weight excluding hydrogens is 525 g/mol. The van der Waals surface area contributed by atoms with E-state index >= 15 is 0 Å². The molecule has 0 saturated carbocycles. The molecule has 0 amide bonds. The number of halogens is 3. The van der Waals surface area contributed by atoms with Crippen LogP contribution in [-0.2, 0) is 35.2 Å². The number of anilines is 1. The van der Waals surface area contributed by atoms with Crippen LogP contribution in [0, 0.1) is 6.92 Å². The van der Waals surface area contributed by atoms with E-state index in [-0.39, 0.29) is 68.9 Å². The minimum Gasteiger partial charge on any atom is -0.379 e. The number of rotatable bonds is 11. The lowest BCUT2D eigenvalue weighted by atomic mass is 10.2. The third-order valence-corrected chi connectivity index (χ3v) is 8.62. The highest BCUT2D eigenvalue weighted by Gasteiger charge is 2.34. The van der Waals surface area contributed by atoms with Gasteiger partial charge in [0.2, 0.25) is 10.0 Å². The molecule has 1 aromatic carbocycles. The first-order chi connectivity index (χ1) is 16.9. The van der Waals surface area contributed by atoms with Crippen LogP contribution in [0.4, 0.5) is 19.0 Å². The molecule has 3 rings (SSSR count). The van der Waals surface area contributed by atoms with Crippen molar-refractivity contribution in [3.05, 3.63) is 47.9 Å². The quantitative estimate of drug-likeness (QED) is 0.305. The Morgan fingerprint density at radius 3 is 2.25 bits per heavy atom. The molecule has 1 aliphatic rings. The summed E-state index contributed by atoms with van der Waals surface area (Å²) in [5.41, 5.74) is -0.188. The topological polar surface area (TPSA) is 119 Å². The Kier molecular flexibility index (Phi) is 9.27. The van der Waals surface area contributed by atoms with Crippen molar-refractivity contribution in [2.24, 2.45) is 0 Å². The van der Waals surface area contributed by atoms with Gasteiger partial charge in [-0.1, -0.05) is 17.7 Å². The van der Waals surface area contributed by atoms with Gasteiger partial charge in [-0.25, -0.2) is 13.4 Å². The van der Waals surface area contributed by atoms with Crippen molar-refractivity contribution in [1.82, 2.24) is 14.3 Å². The summed E-state index contributed by atoms with van der Waals surface area (Å²) >= 11 is 0. The molecule has 0 unspecified atom stereocenters. The maximum absolute atomic E-state index is 12.9. The molecule has 0 spiro atoms. The van der Waals surface area contributed by atoms with Crippen LogP contribution in [0.25, 0.3) is 0 Å². The molecular formula is C21H27F3N4O6S2. The second kappa shape index (κ2) is 11.8. The molecule has 1 fully saturated rings. The summed E-state index contributed by atoms with van der Waals surface area (Å²) in [6.45, 7) is 2.26. The van der Waals surface area contributed by atoms with Crippen molar-refractivity contribution in [3.63, 3.8) is 0 Å². The average molecular weight is 553 g/mol. The summed E-state index contributed by atoms with van der Waals surface area (Å²) in [4.78, 5) is 8.77. The number of benzene rings is 1. The Morgan fingerprint density at radius 1 is 0.944 bits per heavy atom. The van der Waals surface area contributed by atoms with Gasteiger partial charge in [0.05, 0.1) is 36.3 Å². The predicted molar refractivity (Wildman–Crippen MR) is 124 cm³/mol. The maximum Gasteiger partial charge on any atom is 0.434 e. The van der Waals surface area contributed by atoms with Crippen LogP contribution >= 0.6 is 0 Å². The number of nitrogens with zero attached hydrogens (tertiary/aromatic N) is 4. The van der Waals surface area contributed by atoms with E-state index in [0.29, 0.717) is 6.20 Å². The normalized spacial score (nSPS) is 15.8. The van der Waals surface area contributed by atoms with Crippen LogP contribution < -0.4 is 4.90 Å². The van der Waals surface area contributed by atoms with Crippen molar-refractivity contribution < 1.29 is 38.9 Å². The average Bonchev–Trinajstić information content (AvgIpc) is 2.83. The summed E-state index contributed by atoms with van der Waals surface area (Å²) in [6.07, 6.45) is -2.57. The zero-order chi connectivity index (χ0) is 26.4. The first kappa shape index (κ1) is 28.2. The Bertz CT molecular complexity index is 1220. The van der Waals surface area contributed by atoms with Gasteiger partial charge < -0.3 is 9.64 Å². The minimum atomic E-state index is -4.61. The number of hydrogen-bond acceptors (Lipinski definition) is 9. The van der Waals surface area contributed by atoms with E-state index in [9.17, 15) is 30.0 Å². The predicted octanol–water partition coefficient (Wildman–Crippen LogP) is 2.07. The third-order valence-electron chi connectivity index (χ3n) is 5.34. The lowest BCUT2D eigenvalue weighted by molar-refractivity contribution is -0.141. The van der Waals surface area contributed by atoms with Gasteiger partial charge in [0.15, 0.2) is 5.69 Å². The van der Waals surface area contributed by atoms with Crippen LogP contribution in [-0.4, -0.2) is 82.9 Å². The van der Waals surface area contributed by atoms with E-state index in [0.717, 1.165) is 5.56 Å². The van der Waals surface area contributed by atoms with E-state index in [2.05, 4.69) is 9.97 Å². The number of aromatic nitrogens is 2. The molecule has 0 atom stereocenters. The van der Waals surface area contributed by atoms with Gasteiger partial charge in [-0.2, -0.15) is 25.9 Å². The van der Waals surface area contributed by atoms with Gasteiger partial charge >= 0.3 is 6.18 Å². The Morgan fingerprint density at radius 2 is 1.61 bits per heavy atom. The summed E-state index contributed by atoms with van der Waals surface area (Å²) in [6, 6.07) is 6.21. The summed E-state index contributed by atoms with van der Waals surface area (Å²) < 4.78 is 99.4. The van der Waals surface area contributed by atoms with Gasteiger partial charge in [0.25, 0.3) is 10.1 Å². The molecule has 200 valence electrons. The Labute approximate surface area is 208 Å². The van der Waals surface area contributed by atoms with Gasteiger partial charge in [-0.05, 0) is 25.5 Å². The zero-order valence-corrected chi connectivity index (χ0v) is 21.1. The third kappa shape index (κ3) is 7.83. The van der Waals surface area contributed by atoms with E-state index in [1.807, 2.05) is 6.92 Å². The zero-order valence-electron chi connectivity index (χ0n) is 19.5. The molecule has 1 aromatic heterocycles. The molecule has 0 aliphatic carbocycles. The lowest BCUT2D eigenvalue weighted by Crippen LogP contribution is -2.49. The highest BCUT2D eigenvalue weighted by atomic mass is 32.2. The largest absolute Gasteiger partial charge is 0.434 e. The van der Waals surface area contributed by atoms with Crippen molar-refractivity contribution in [1.29, 1.82) is 0 Å². The van der Waals surface area contributed by atoms with Gasteiger partial charge in [0.1, 0.15) is 5.82 Å². The molecule has 0 N–H and O–H groups in total. The summed E-state index contributed by atoms with van der Waals surface area (Å²) in [7, 11) is -7.48. The second-order valence-corrected chi connectivity index (χ2v) is 11.7. The van der Waals surface area contributed by atoms with Crippen molar-refractivity contribution in [3.8, 4) is 0 Å². The first-order valence-corrected chi connectivity index (χ1v) is 14.1. The molecule has 1 saturated heterocycles. The van der Waals surface area contributed by atoms with E-state index in [1.54, 1.807) is 17.0 Å². The SMILES string of the molecule is Cc1ccc(S(=O)(=O)OCCOCCCS(=O)(=O)N2CCN(c3cncc(C(F)(F)F)n3)CC2)cc1. The van der Waals surface area contributed by atoms with Gasteiger partial charge in [0, 0.05) is 32.8 Å². The Hall–Kier alpha value is -2.33. The number of hydrogen-bond donors (Lipinski definition) is 0. The molecule has 15 heteroatoms.